The summed E-state index contributed by atoms with van der Waals surface area (Å²) in [7, 11) is 1.90. The topological polar surface area (TPSA) is 23.6 Å². The summed E-state index contributed by atoms with van der Waals surface area (Å²) in [5, 5.41) is 0. The first kappa shape index (κ1) is 19.0. The van der Waals surface area contributed by atoms with Crippen LogP contribution in [0.2, 0.25) is 0 Å². The van der Waals surface area contributed by atoms with E-state index in [-0.39, 0.29) is 23.3 Å². The quantitative estimate of drug-likeness (QED) is 0.758. The Morgan fingerprint density at radius 3 is 2.35 bits per heavy atom. The van der Waals surface area contributed by atoms with Crippen molar-refractivity contribution < 1.29 is 4.79 Å². The molecule has 26 heavy (non-hydrogen) atoms. The molecular weight excluding hydrogens is 320 g/mol. The van der Waals surface area contributed by atoms with Crippen molar-refractivity contribution in [2.75, 3.05) is 26.7 Å². The molecule has 3 heteroatoms. The molecule has 2 fully saturated rings. The SMILES string of the molecule is CN1C(=O)C(CN2CCCCC2)CC1C#Cc1ccc(C(C)(C)C)cc1. The zero-order valence-corrected chi connectivity index (χ0v) is 16.7. The normalized spacial score (nSPS) is 24.5. The van der Waals surface area contributed by atoms with E-state index in [9.17, 15) is 4.79 Å². The Balaban J connectivity index is 1.63. The second-order valence-electron chi connectivity index (χ2n) is 8.86. The van der Waals surface area contributed by atoms with Gasteiger partial charge in [0.05, 0.1) is 12.0 Å². The van der Waals surface area contributed by atoms with Crippen molar-refractivity contribution in [1.29, 1.82) is 0 Å². The van der Waals surface area contributed by atoms with Gasteiger partial charge in [-0.25, -0.2) is 0 Å². The van der Waals surface area contributed by atoms with Crippen molar-refractivity contribution in [3.63, 3.8) is 0 Å². The van der Waals surface area contributed by atoms with Crippen molar-refractivity contribution in [3.8, 4) is 11.8 Å². The number of nitrogens with zero attached hydrogens (tertiary/aromatic N) is 2. The molecule has 2 atom stereocenters. The van der Waals surface area contributed by atoms with Gasteiger partial charge in [0, 0.05) is 19.2 Å². The molecule has 140 valence electrons. The Labute approximate surface area is 158 Å². The lowest BCUT2D eigenvalue weighted by molar-refractivity contribution is -0.130. The van der Waals surface area contributed by atoms with Crippen LogP contribution >= 0.6 is 0 Å². The second-order valence-corrected chi connectivity index (χ2v) is 8.86. The molecule has 0 N–H and O–H groups in total. The van der Waals surface area contributed by atoms with E-state index in [4.69, 9.17) is 0 Å². The molecule has 1 aromatic carbocycles. The van der Waals surface area contributed by atoms with Crippen LogP contribution in [0, 0.1) is 17.8 Å². The molecule has 0 bridgehead atoms. The average molecular weight is 353 g/mol. The van der Waals surface area contributed by atoms with Crippen LogP contribution in [-0.2, 0) is 10.2 Å². The van der Waals surface area contributed by atoms with E-state index in [0.29, 0.717) is 0 Å². The smallest absolute Gasteiger partial charge is 0.227 e. The molecule has 2 aliphatic heterocycles. The lowest BCUT2D eigenvalue weighted by Crippen LogP contribution is -2.37. The maximum absolute atomic E-state index is 12.6. The van der Waals surface area contributed by atoms with Gasteiger partial charge in [-0.05, 0) is 55.5 Å². The number of carbonyl (C=O) groups is 1. The zero-order chi connectivity index (χ0) is 18.7. The van der Waals surface area contributed by atoms with Gasteiger partial charge in [0.1, 0.15) is 0 Å². The molecule has 0 aromatic heterocycles. The van der Waals surface area contributed by atoms with E-state index >= 15 is 0 Å². The lowest BCUT2D eigenvalue weighted by atomic mass is 9.87. The molecule has 0 spiro atoms. The summed E-state index contributed by atoms with van der Waals surface area (Å²) in [5.41, 5.74) is 2.50. The number of rotatable bonds is 2. The molecule has 0 saturated carbocycles. The van der Waals surface area contributed by atoms with Gasteiger partial charge >= 0.3 is 0 Å². The summed E-state index contributed by atoms with van der Waals surface area (Å²) < 4.78 is 0. The Kier molecular flexibility index (Phi) is 5.73. The van der Waals surface area contributed by atoms with Gasteiger partial charge in [0.15, 0.2) is 0 Å². The van der Waals surface area contributed by atoms with E-state index in [1.807, 2.05) is 11.9 Å². The molecule has 1 amide bonds. The highest BCUT2D eigenvalue weighted by atomic mass is 16.2. The van der Waals surface area contributed by atoms with Crippen LogP contribution in [-0.4, -0.2) is 48.4 Å². The van der Waals surface area contributed by atoms with Crippen LogP contribution in [0.25, 0.3) is 0 Å². The van der Waals surface area contributed by atoms with Crippen molar-refractivity contribution in [3.05, 3.63) is 35.4 Å². The first-order valence-corrected chi connectivity index (χ1v) is 9.96. The number of hydrogen-bond acceptors (Lipinski definition) is 2. The summed E-state index contributed by atoms with van der Waals surface area (Å²) in [6.45, 7) is 9.84. The number of piperidine rings is 1. The molecule has 3 nitrogen and oxygen atoms in total. The molecular formula is C23H32N2O. The Morgan fingerprint density at radius 1 is 1.08 bits per heavy atom. The lowest BCUT2D eigenvalue weighted by Gasteiger charge is -2.28. The third-order valence-corrected chi connectivity index (χ3v) is 5.73. The Morgan fingerprint density at radius 2 is 1.73 bits per heavy atom. The minimum absolute atomic E-state index is 0.0413. The van der Waals surface area contributed by atoms with Crippen molar-refractivity contribution in [1.82, 2.24) is 9.80 Å². The summed E-state index contributed by atoms with van der Waals surface area (Å²) in [6, 6.07) is 8.55. The second kappa shape index (κ2) is 7.84. The molecule has 2 saturated heterocycles. The molecule has 0 aliphatic carbocycles. The van der Waals surface area contributed by atoms with Crippen molar-refractivity contribution >= 4 is 5.91 Å². The van der Waals surface area contributed by atoms with Gasteiger partial charge < -0.3 is 9.80 Å². The number of amides is 1. The van der Waals surface area contributed by atoms with E-state index in [1.165, 1.54) is 24.8 Å². The number of likely N-dealkylation sites (tertiary alicyclic amines) is 2. The summed E-state index contributed by atoms with van der Waals surface area (Å²) in [5.74, 6) is 7.00. The minimum Gasteiger partial charge on any atom is -0.332 e. The summed E-state index contributed by atoms with van der Waals surface area (Å²) in [4.78, 5) is 16.9. The summed E-state index contributed by atoms with van der Waals surface area (Å²) in [6.07, 6.45) is 4.73. The fraction of sp³-hybridized carbons (Fsp3) is 0.609. The average Bonchev–Trinajstić information content (AvgIpc) is 2.88. The highest BCUT2D eigenvalue weighted by Crippen LogP contribution is 2.25. The van der Waals surface area contributed by atoms with Crippen LogP contribution in [0.3, 0.4) is 0 Å². The van der Waals surface area contributed by atoms with E-state index in [1.54, 1.807) is 0 Å². The van der Waals surface area contributed by atoms with Crippen molar-refractivity contribution in [2.45, 2.75) is 57.9 Å². The van der Waals surface area contributed by atoms with Crippen LogP contribution in [0.15, 0.2) is 24.3 Å². The van der Waals surface area contributed by atoms with E-state index in [0.717, 1.165) is 31.6 Å². The predicted octanol–water partition coefficient (Wildman–Crippen LogP) is 3.67. The van der Waals surface area contributed by atoms with Gasteiger partial charge in [0.25, 0.3) is 0 Å². The standard InChI is InChI=1S/C23H32N2O/c1-23(2,3)20-11-8-18(9-12-20)10-13-21-16-19(22(26)24(21)4)17-25-14-6-5-7-15-25/h8-9,11-12,19,21H,5-7,14-17H2,1-4H3. The Hall–Kier alpha value is -1.79. The van der Waals surface area contributed by atoms with E-state index in [2.05, 4.69) is 61.8 Å². The van der Waals surface area contributed by atoms with Crippen LogP contribution in [0.5, 0.6) is 0 Å². The fourth-order valence-corrected chi connectivity index (χ4v) is 3.95. The molecule has 1 aromatic rings. The van der Waals surface area contributed by atoms with Gasteiger partial charge in [-0.15, -0.1) is 0 Å². The maximum Gasteiger partial charge on any atom is 0.227 e. The van der Waals surface area contributed by atoms with Gasteiger partial charge in [0.2, 0.25) is 5.91 Å². The van der Waals surface area contributed by atoms with Gasteiger partial charge in [-0.2, -0.15) is 0 Å². The highest BCUT2D eigenvalue weighted by molar-refractivity contribution is 5.82. The monoisotopic (exact) mass is 352 g/mol. The van der Waals surface area contributed by atoms with Crippen LogP contribution in [0.4, 0.5) is 0 Å². The first-order valence-electron chi connectivity index (χ1n) is 9.96. The molecule has 2 unspecified atom stereocenters. The zero-order valence-electron chi connectivity index (χ0n) is 16.7. The largest absolute Gasteiger partial charge is 0.332 e. The number of carbonyl (C=O) groups excluding carboxylic acids is 1. The van der Waals surface area contributed by atoms with Gasteiger partial charge in [-0.3, -0.25) is 4.79 Å². The van der Waals surface area contributed by atoms with Gasteiger partial charge in [-0.1, -0.05) is 51.2 Å². The third kappa shape index (κ3) is 4.48. The summed E-state index contributed by atoms with van der Waals surface area (Å²) >= 11 is 0. The fourth-order valence-electron chi connectivity index (χ4n) is 3.95. The van der Waals surface area contributed by atoms with Crippen LogP contribution < -0.4 is 0 Å². The number of benzene rings is 1. The third-order valence-electron chi connectivity index (χ3n) is 5.73. The first-order chi connectivity index (χ1) is 12.3. The molecule has 0 radical (unpaired) electrons. The molecule has 2 aliphatic rings. The Bertz CT molecular complexity index is 684. The molecule has 3 rings (SSSR count). The van der Waals surface area contributed by atoms with E-state index < -0.39 is 0 Å². The predicted molar refractivity (Wildman–Crippen MR) is 107 cm³/mol. The number of hydrogen-bond donors (Lipinski definition) is 0. The van der Waals surface area contributed by atoms with Crippen LogP contribution in [0.1, 0.15) is 57.6 Å². The highest BCUT2D eigenvalue weighted by Gasteiger charge is 2.37. The molecule has 2 heterocycles. The minimum atomic E-state index is 0.0413. The van der Waals surface area contributed by atoms with Crippen molar-refractivity contribution in [2.24, 2.45) is 5.92 Å². The maximum atomic E-state index is 12.6.